The molecule has 0 amide bonds. The van der Waals surface area contributed by atoms with Crippen molar-refractivity contribution in [3.05, 3.63) is 28.0 Å². The lowest BCUT2D eigenvalue weighted by Gasteiger charge is -2.03. The van der Waals surface area contributed by atoms with Gasteiger partial charge in [0, 0.05) is 23.9 Å². The normalized spacial score (nSPS) is 12.4. The first-order chi connectivity index (χ1) is 8.56. The van der Waals surface area contributed by atoms with E-state index in [2.05, 4.69) is 17.0 Å². The molecule has 0 saturated heterocycles. The highest BCUT2D eigenvalue weighted by Crippen LogP contribution is 2.25. The smallest absolute Gasteiger partial charge is 0.159 e. The van der Waals surface area contributed by atoms with Gasteiger partial charge >= 0.3 is 0 Å². The van der Waals surface area contributed by atoms with E-state index in [0.717, 1.165) is 34.3 Å². The molecule has 2 rings (SSSR count). The molecule has 2 heterocycles. The first-order valence-corrected chi connectivity index (χ1v) is 6.73. The van der Waals surface area contributed by atoms with Gasteiger partial charge in [0.25, 0.3) is 0 Å². The third kappa shape index (κ3) is 2.38. The van der Waals surface area contributed by atoms with Gasteiger partial charge < -0.3 is 0 Å². The van der Waals surface area contributed by atoms with Crippen molar-refractivity contribution >= 4 is 40.3 Å². The Morgan fingerprint density at radius 1 is 1.50 bits per heavy atom. The molecule has 96 valence electrons. The molecule has 2 aromatic rings. The van der Waals surface area contributed by atoms with E-state index in [1.807, 2.05) is 26.1 Å². The van der Waals surface area contributed by atoms with Crippen molar-refractivity contribution in [2.45, 2.75) is 20.3 Å². The lowest BCUT2D eigenvalue weighted by atomic mass is 10.1. The largest absolute Gasteiger partial charge is 0.250 e. The third-order valence-electron chi connectivity index (χ3n) is 2.96. The lowest BCUT2D eigenvalue weighted by Crippen LogP contribution is -1.93. The Morgan fingerprint density at radius 2 is 2.22 bits per heavy atom. The zero-order chi connectivity index (χ0) is 13.3. The van der Waals surface area contributed by atoms with Gasteiger partial charge in [-0.15, -0.1) is 11.6 Å². The number of nitrogens with zero attached hydrogens (tertiary/aromatic N) is 3. The first-order valence-electron chi connectivity index (χ1n) is 5.82. The third-order valence-corrected chi connectivity index (χ3v) is 3.61. The fraction of sp³-hybridized carbons (Fsp3) is 0.385. The Hall–Kier alpha value is -1.06. The summed E-state index contributed by atoms with van der Waals surface area (Å²) < 4.78 is 1.74. The number of hydrogen-bond acceptors (Lipinski definition) is 2. The summed E-state index contributed by atoms with van der Waals surface area (Å²) in [5, 5.41) is 5.85. The number of fused-ring (bicyclic) bond motifs is 1. The summed E-state index contributed by atoms with van der Waals surface area (Å²) in [6, 6.07) is 2.02. The second kappa shape index (κ2) is 5.29. The number of allylic oxidation sites excluding steroid dienone is 1. The van der Waals surface area contributed by atoms with Crippen LogP contribution in [0.2, 0.25) is 5.15 Å². The molecule has 0 atom stereocenters. The molecular weight excluding hydrogens is 269 g/mol. The fourth-order valence-corrected chi connectivity index (χ4v) is 2.35. The Morgan fingerprint density at radius 3 is 2.83 bits per heavy atom. The summed E-state index contributed by atoms with van der Waals surface area (Å²) in [5.41, 5.74) is 3.80. The van der Waals surface area contributed by atoms with Crippen molar-refractivity contribution < 1.29 is 0 Å². The lowest BCUT2D eigenvalue weighted by molar-refractivity contribution is 0.774. The molecule has 0 aromatic carbocycles. The zero-order valence-corrected chi connectivity index (χ0v) is 12.2. The monoisotopic (exact) mass is 283 g/mol. The highest BCUT2D eigenvalue weighted by Gasteiger charge is 2.10. The van der Waals surface area contributed by atoms with Crippen LogP contribution >= 0.6 is 23.2 Å². The van der Waals surface area contributed by atoms with E-state index in [0.29, 0.717) is 11.0 Å². The quantitative estimate of drug-likeness (QED) is 0.631. The van der Waals surface area contributed by atoms with Crippen molar-refractivity contribution in [3.8, 4) is 0 Å². The van der Waals surface area contributed by atoms with Gasteiger partial charge in [0.1, 0.15) is 5.15 Å². The van der Waals surface area contributed by atoms with Crippen LogP contribution < -0.4 is 0 Å². The minimum absolute atomic E-state index is 0.488. The van der Waals surface area contributed by atoms with E-state index < -0.39 is 0 Å². The molecule has 0 radical (unpaired) electrons. The molecule has 0 unspecified atom stereocenters. The molecule has 0 N–H and O–H groups in total. The molecule has 0 aliphatic rings. The van der Waals surface area contributed by atoms with E-state index in [1.54, 1.807) is 4.68 Å². The highest BCUT2D eigenvalue weighted by atomic mass is 35.5. The Kier molecular flexibility index (Phi) is 3.93. The Bertz CT molecular complexity index is 608. The van der Waals surface area contributed by atoms with Crippen LogP contribution in [0.25, 0.3) is 17.1 Å². The van der Waals surface area contributed by atoms with Crippen molar-refractivity contribution in [2.75, 3.05) is 5.88 Å². The maximum absolute atomic E-state index is 6.20. The number of halogens is 2. The number of aromatic nitrogens is 3. The highest BCUT2D eigenvalue weighted by molar-refractivity contribution is 6.31. The van der Waals surface area contributed by atoms with Crippen LogP contribution in [0.5, 0.6) is 0 Å². The Balaban J connectivity index is 2.62. The summed E-state index contributed by atoms with van der Waals surface area (Å²) >= 11 is 12.1. The second-order valence-corrected chi connectivity index (χ2v) is 4.86. The minimum Gasteiger partial charge on any atom is -0.250 e. The first kappa shape index (κ1) is 13.4. The molecule has 18 heavy (non-hydrogen) atoms. The van der Waals surface area contributed by atoms with Gasteiger partial charge in [0.05, 0.1) is 5.69 Å². The predicted octanol–water partition coefficient (Wildman–Crippen LogP) is 3.96. The van der Waals surface area contributed by atoms with Gasteiger partial charge in [0.15, 0.2) is 5.65 Å². The number of hydrogen-bond donors (Lipinski definition) is 0. The maximum atomic E-state index is 6.20. The molecule has 5 heteroatoms. The molecule has 3 nitrogen and oxygen atoms in total. The molecular formula is C13H15Cl2N3. The summed E-state index contributed by atoms with van der Waals surface area (Å²) in [6.07, 6.45) is 2.91. The number of alkyl halides is 1. The second-order valence-electron chi connectivity index (χ2n) is 4.24. The van der Waals surface area contributed by atoms with Crippen LogP contribution in [0.1, 0.15) is 24.6 Å². The molecule has 0 fully saturated rings. The average molecular weight is 284 g/mol. The molecule has 0 saturated carbocycles. The van der Waals surface area contributed by atoms with Crippen LogP contribution in [0.4, 0.5) is 0 Å². The topological polar surface area (TPSA) is 30.7 Å². The van der Waals surface area contributed by atoms with Gasteiger partial charge in [-0.25, -0.2) is 4.98 Å². The van der Waals surface area contributed by atoms with Crippen molar-refractivity contribution in [3.63, 3.8) is 0 Å². The summed E-state index contributed by atoms with van der Waals surface area (Å²) in [4.78, 5) is 4.40. The SMILES string of the molecule is CCC(=Cc1cc2c(C)nn(C)c2nc1Cl)CCl. The van der Waals surface area contributed by atoms with Crippen LogP contribution in [0.15, 0.2) is 11.6 Å². The standard InChI is InChI=1S/C13H15Cl2N3/c1-4-9(7-14)5-10-6-11-8(2)17-18(3)13(11)16-12(10)15/h5-6H,4,7H2,1-3H3. The molecule has 0 aliphatic heterocycles. The predicted molar refractivity (Wildman–Crippen MR) is 77.2 cm³/mol. The van der Waals surface area contributed by atoms with Crippen LogP contribution in [-0.4, -0.2) is 20.6 Å². The summed E-state index contributed by atoms with van der Waals surface area (Å²) in [7, 11) is 1.87. The van der Waals surface area contributed by atoms with Crippen LogP contribution in [-0.2, 0) is 7.05 Å². The van der Waals surface area contributed by atoms with E-state index in [4.69, 9.17) is 23.2 Å². The minimum atomic E-state index is 0.488. The maximum Gasteiger partial charge on any atom is 0.159 e. The molecule has 2 aromatic heterocycles. The summed E-state index contributed by atoms with van der Waals surface area (Å²) in [5.74, 6) is 0.511. The van der Waals surface area contributed by atoms with Crippen molar-refractivity contribution in [2.24, 2.45) is 7.05 Å². The van der Waals surface area contributed by atoms with Crippen LogP contribution in [0.3, 0.4) is 0 Å². The van der Waals surface area contributed by atoms with Gasteiger partial charge in [-0.05, 0) is 19.4 Å². The van der Waals surface area contributed by atoms with Gasteiger partial charge in [-0.1, -0.05) is 30.2 Å². The molecule has 0 aliphatic carbocycles. The van der Waals surface area contributed by atoms with Gasteiger partial charge in [0.2, 0.25) is 0 Å². The molecule has 0 spiro atoms. The van der Waals surface area contributed by atoms with E-state index in [9.17, 15) is 0 Å². The van der Waals surface area contributed by atoms with E-state index >= 15 is 0 Å². The fourth-order valence-electron chi connectivity index (χ4n) is 1.89. The number of rotatable bonds is 3. The van der Waals surface area contributed by atoms with Gasteiger partial charge in [-0.2, -0.15) is 5.10 Å². The molecule has 0 bridgehead atoms. The van der Waals surface area contributed by atoms with Crippen molar-refractivity contribution in [1.82, 2.24) is 14.8 Å². The average Bonchev–Trinajstić information content (AvgIpc) is 2.62. The number of aryl methyl sites for hydroxylation is 2. The van der Waals surface area contributed by atoms with E-state index in [-0.39, 0.29) is 0 Å². The Labute approximate surface area is 116 Å². The van der Waals surface area contributed by atoms with Crippen LogP contribution in [0, 0.1) is 6.92 Å². The number of pyridine rings is 1. The zero-order valence-electron chi connectivity index (χ0n) is 10.7. The van der Waals surface area contributed by atoms with E-state index in [1.165, 1.54) is 0 Å². The summed E-state index contributed by atoms with van der Waals surface area (Å²) in [6.45, 7) is 4.04. The van der Waals surface area contributed by atoms with Crippen molar-refractivity contribution in [1.29, 1.82) is 0 Å². The van der Waals surface area contributed by atoms with Gasteiger partial charge in [-0.3, -0.25) is 4.68 Å².